The number of nitrogen functional groups attached to an aromatic ring is 1. The molecule has 7 nitrogen and oxygen atoms in total. The molecule has 1 fully saturated rings. The van der Waals surface area contributed by atoms with Crippen molar-refractivity contribution in [2.75, 3.05) is 23.7 Å². The maximum atomic E-state index is 10.6. The molecule has 1 unspecified atom stereocenters. The minimum atomic E-state index is -5.08. The fourth-order valence-electron chi connectivity index (χ4n) is 3.17. The van der Waals surface area contributed by atoms with Crippen molar-refractivity contribution in [1.82, 2.24) is 4.98 Å². The number of benzene rings is 1. The molecule has 1 aliphatic heterocycles. The van der Waals surface area contributed by atoms with Crippen molar-refractivity contribution in [3.05, 3.63) is 46.1 Å². The number of aliphatic carboxylic acids is 1. The molecule has 3 rings (SSSR count). The summed E-state index contributed by atoms with van der Waals surface area (Å²) in [5, 5.41) is 18.0. The Morgan fingerprint density at radius 1 is 1.19 bits per heavy atom. The first-order valence-electron chi connectivity index (χ1n) is 9.10. The number of phenols is 1. The molecule has 1 aromatic carbocycles. The number of hydrogen-bond acceptors (Lipinski definition) is 6. The van der Waals surface area contributed by atoms with Gasteiger partial charge in [0.25, 0.3) is 0 Å². The van der Waals surface area contributed by atoms with Crippen LogP contribution in [-0.2, 0) is 4.79 Å². The zero-order chi connectivity index (χ0) is 23.3. The molecule has 1 aromatic heterocycles. The third kappa shape index (κ3) is 6.78. The molecule has 0 bridgehead atoms. The quantitative estimate of drug-likeness (QED) is 0.517. The number of carbonyl (C=O) groups is 1. The highest BCUT2D eigenvalue weighted by molar-refractivity contribution is 6.42. The van der Waals surface area contributed by atoms with Gasteiger partial charge < -0.3 is 26.6 Å². The molecule has 170 valence electrons. The average Bonchev–Trinajstić information content (AvgIpc) is 2.70. The Morgan fingerprint density at radius 3 is 2.26 bits per heavy atom. The fraction of sp³-hybridized carbons (Fsp3) is 0.368. The maximum Gasteiger partial charge on any atom is 0.490 e. The first-order chi connectivity index (χ1) is 14.4. The molecule has 2 aromatic rings. The number of rotatable bonds is 3. The number of nitrogens with two attached hydrogens (primary N) is 2. The van der Waals surface area contributed by atoms with Gasteiger partial charge in [-0.3, -0.25) is 0 Å². The Kier molecular flexibility index (Phi) is 8.21. The van der Waals surface area contributed by atoms with E-state index in [1.807, 2.05) is 6.07 Å². The summed E-state index contributed by atoms with van der Waals surface area (Å²) in [6.07, 6.45) is -1.56. The number of nitrogens with zero attached hydrogens (tertiary/aromatic N) is 2. The molecule has 0 spiro atoms. The van der Waals surface area contributed by atoms with Gasteiger partial charge in [-0.1, -0.05) is 23.2 Å². The molecule has 31 heavy (non-hydrogen) atoms. The smallest absolute Gasteiger partial charge is 0.490 e. The van der Waals surface area contributed by atoms with E-state index >= 15 is 0 Å². The van der Waals surface area contributed by atoms with Gasteiger partial charge in [0.2, 0.25) is 0 Å². The van der Waals surface area contributed by atoms with Crippen LogP contribution in [0.3, 0.4) is 0 Å². The molecule has 0 radical (unpaired) electrons. The predicted octanol–water partition coefficient (Wildman–Crippen LogP) is 4.23. The Bertz CT molecular complexity index is 923. The summed E-state index contributed by atoms with van der Waals surface area (Å²) in [6.45, 7) is 1.69. The van der Waals surface area contributed by atoms with Crippen LogP contribution in [0.4, 0.5) is 24.7 Å². The summed E-state index contributed by atoms with van der Waals surface area (Å²) in [6, 6.07) is 6.49. The summed E-state index contributed by atoms with van der Waals surface area (Å²) in [5.74, 6) is -1.52. The summed E-state index contributed by atoms with van der Waals surface area (Å²) >= 11 is 12.0. The van der Waals surface area contributed by atoms with E-state index in [0.29, 0.717) is 21.3 Å². The van der Waals surface area contributed by atoms with Crippen molar-refractivity contribution in [2.24, 2.45) is 11.7 Å². The van der Waals surface area contributed by atoms with Gasteiger partial charge in [0.1, 0.15) is 11.6 Å². The Hall–Kier alpha value is -2.43. The van der Waals surface area contributed by atoms with Crippen LogP contribution in [0.15, 0.2) is 30.5 Å². The number of pyridine rings is 1. The van der Waals surface area contributed by atoms with Crippen LogP contribution in [0.2, 0.25) is 10.0 Å². The van der Waals surface area contributed by atoms with E-state index in [1.54, 1.807) is 18.3 Å². The van der Waals surface area contributed by atoms with Crippen LogP contribution in [0.25, 0.3) is 0 Å². The fourth-order valence-corrected chi connectivity index (χ4v) is 3.50. The molecule has 12 heteroatoms. The lowest BCUT2D eigenvalue weighted by molar-refractivity contribution is -0.192. The van der Waals surface area contributed by atoms with Gasteiger partial charge >= 0.3 is 12.1 Å². The van der Waals surface area contributed by atoms with Crippen molar-refractivity contribution >= 4 is 40.7 Å². The van der Waals surface area contributed by atoms with E-state index in [2.05, 4.69) is 9.88 Å². The topological polar surface area (TPSA) is 126 Å². The van der Waals surface area contributed by atoms with Gasteiger partial charge in [-0.2, -0.15) is 13.2 Å². The van der Waals surface area contributed by atoms with E-state index in [4.69, 9.17) is 44.6 Å². The predicted molar refractivity (Wildman–Crippen MR) is 112 cm³/mol. The van der Waals surface area contributed by atoms with Gasteiger partial charge in [-0.25, -0.2) is 9.78 Å². The Morgan fingerprint density at radius 2 is 1.74 bits per heavy atom. The number of aromatic nitrogens is 1. The van der Waals surface area contributed by atoms with Gasteiger partial charge in [-0.05, 0) is 30.9 Å². The number of hydrogen-bond donors (Lipinski definition) is 4. The van der Waals surface area contributed by atoms with Crippen LogP contribution >= 0.6 is 23.2 Å². The molecular formula is C19H21Cl2F3N4O3. The number of halogens is 5. The summed E-state index contributed by atoms with van der Waals surface area (Å²) in [7, 11) is 0. The van der Waals surface area contributed by atoms with Crippen LogP contribution in [0, 0.1) is 5.92 Å². The van der Waals surface area contributed by atoms with Gasteiger partial charge in [0.15, 0.2) is 0 Å². The minimum Gasteiger partial charge on any atom is -0.508 e. The number of piperidine rings is 1. The first kappa shape index (κ1) is 24.8. The van der Waals surface area contributed by atoms with E-state index < -0.39 is 12.1 Å². The van der Waals surface area contributed by atoms with Gasteiger partial charge in [0, 0.05) is 48.7 Å². The molecule has 1 aliphatic rings. The zero-order valence-electron chi connectivity index (χ0n) is 16.1. The third-order valence-corrected chi connectivity index (χ3v) is 5.53. The van der Waals surface area contributed by atoms with Crippen molar-refractivity contribution in [1.29, 1.82) is 0 Å². The van der Waals surface area contributed by atoms with Crippen LogP contribution < -0.4 is 16.4 Å². The van der Waals surface area contributed by atoms with Crippen molar-refractivity contribution in [3.63, 3.8) is 0 Å². The van der Waals surface area contributed by atoms with E-state index in [-0.39, 0.29) is 17.7 Å². The Balaban J connectivity index is 0.000000423. The van der Waals surface area contributed by atoms with Crippen LogP contribution in [-0.4, -0.2) is 40.4 Å². The summed E-state index contributed by atoms with van der Waals surface area (Å²) < 4.78 is 31.7. The number of phenolic OH excluding ortho intramolecular Hbond substituents is 1. The number of carboxylic acids is 1. The molecule has 2 heterocycles. The van der Waals surface area contributed by atoms with E-state index in [9.17, 15) is 18.3 Å². The first-order valence-corrected chi connectivity index (χ1v) is 9.85. The molecule has 1 saturated heterocycles. The number of carboxylic acid groups (broad SMARTS) is 1. The molecule has 0 saturated carbocycles. The lowest BCUT2D eigenvalue weighted by Gasteiger charge is -2.35. The number of anilines is 2. The highest BCUT2D eigenvalue weighted by atomic mass is 35.5. The minimum absolute atomic E-state index is 0.0943. The summed E-state index contributed by atoms with van der Waals surface area (Å²) in [4.78, 5) is 15.5. The second-order valence-electron chi connectivity index (χ2n) is 6.93. The SMILES string of the molecule is Nc1ccnc(N2CCC(C(N)c3cc(Cl)c(Cl)cc3O)CC2)c1.O=C(O)C(F)(F)F. The van der Waals surface area contributed by atoms with Gasteiger partial charge in [-0.15, -0.1) is 0 Å². The lowest BCUT2D eigenvalue weighted by Crippen LogP contribution is -2.38. The zero-order valence-corrected chi connectivity index (χ0v) is 17.6. The monoisotopic (exact) mass is 480 g/mol. The average molecular weight is 481 g/mol. The second-order valence-corrected chi connectivity index (χ2v) is 7.74. The molecular weight excluding hydrogens is 460 g/mol. The largest absolute Gasteiger partial charge is 0.508 e. The maximum absolute atomic E-state index is 10.6. The van der Waals surface area contributed by atoms with E-state index in [1.165, 1.54) is 6.07 Å². The Labute approximate surface area is 186 Å². The van der Waals surface area contributed by atoms with Crippen LogP contribution in [0.5, 0.6) is 5.75 Å². The van der Waals surface area contributed by atoms with Crippen LogP contribution in [0.1, 0.15) is 24.4 Å². The molecule has 1 atom stereocenters. The van der Waals surface area contributed by atoms with Crippen molar-refractivity contribution in [2.45, 2.75) is 25.1 Å². The highest BCUT2D eigenvalue weighted by Crippen LogP contribution is 2.38. The number of alkyl halides is 3. The van der Waals surface area contributed by atoms with Crippen molar-refractivity contribution in [3.8, 4) is 5.75 Å². The molecule has 6 N–H and O–H groups in total. The summed E-state index contributed by atoms with van der Waals surface area (Å²) in [5.41, 5.74) is 13.6. The van der Waals surface area contributed by atoms with E-state index in [0.717, 1.165) is 31.7 Å². The number of aromatic hydroxyl groups is 1. The molecule has 0 amide bonds. The standard InChI is InChI=1S/C17H20Cl2N4O.C2HF3O2/c18-13-8-12(15(24)9-14(13)19)17(21)10-2-5-23(6-3-10)16-7-11(20)1-4-22-16;3-2(4,5)1(6)7/h1,4,7-10,17,24H,2-3,5-6,21H2,(H2,20,22);(H,6,7). The lowest BCUT2D eigenvalue weighted by atomic mass is 9.85. The third-order valence-electron chi connectivity index (χ3n) is 4.81. The normalized spacial score (nSPS) is 15.7. The second kappa shape index (κ2) is 10.3. The molecule has 0 aliphatic carbocycles. The highest BCUT2D eigenvalue weighted by Gasteiger charge is 2.38. The van der Waals surface area contributed by atoms with Gasteiger partial charge in [0.05, 0.1) is 10.0 Å². The van der Waals surface area contributed by atoms with Crippen molar-refractivity contribution < 1.29 is 28.2 Å².